The van der Waals surface area contributed by atoms with Crippen LogP contribution in [-0.2, 0) is 17.6 Å². The van der Waals surface area contributed by atoms with Gasteiger partial charge in [0.15, 0.2) is 0 Å². The van der Waals surface area contributed by atoms with E-state index in [9.17, 15) is 4.79 Å². The van der Waals surface area contributed by atoms with Crippen LogP contribution in [0.15, 0.2) is 29.6 Å². The molecule has 1 N–H and O–H groups in total. The first-order valence-electron chi connectivity index (χ1n) is 9.37. The maximum Gasteiger partial charge on any atom is 0.234 e. The molecule has 0 saturated heterocycles. The van der Waals surface area contributed by atoms with E-state index in [1.54, 1.807) is 24.8 Å². The number of nitrogens with zero attached hydrogens (tertiary/aromatic N) is 2. The number of aromatic nitrogens is 2. The zero-order valence-corrected chi connectivity index (χ0v) is 17.9. The van der Waals surface area contributed by atoms with Gasteiger partial charge < -0.3 is 10.1 Å². The Morgan fingerprint density at radius 1 is 1.39 bits per heavy atom. The smallest absolute Gasteiger partial charge is 0.234 e. The van der Waals surface area contributed by atoms with Gasteiger partial charge in [0.1, 0.15) is 21.9 Å². The SMILES string of the molecule is COc1ccc(C)cc1NC(=O)CSc1ncnc2sc3c(c12)CCC(C)C3. The van der Waals surface area contributed by atoms with E-state index in [-0.39, 0.29) is 5.91 Å². The van der Waals surface area contributed by atoms with Crippen molar-refractivity contribution in [2.45, 2.75) is 38.1 Å². The molecular formula is C21H23N3O2S2. The lowest BCUT2D eigenvalue weighted by Crippen LogP contribution is -2.15. The van der Waals surface area contributed by atoms with Crippen LogP contribution in [0.5, 0.6) is 5.75 Å². The van der Waals surface area contributed by atoms with E-state index in [0.29, 0.717) is 17.2 Å². The summed E-state index contributed by atoms with van der Waals surface area (Å²) in [4.78, 5) is 24.0. The molecule has 0 bridgehead atoms. The summed E-state index contributed by atoms with van der Waals surface area (Å²) in [5.41, 5.74) is 3.16. The molecule has 0 fully saturated rings. The molecule has 5 nitrogen and oxygen atoms in total. The number of thiophene rings is 1. The van der Waals surface area contributed by atoms with Crippen molar-refractivity contribution in [3.63, 3.8) is 0 Å². The highest BCUT2D eigenvalue weighted by Gasteiger charge is 2.23. The van der Waals surface area contributed by atoms with E-state index in [4.69, 9.17) is 4.74 Å². The molecular weight excluding hydrogens is 390 g/mol. The van der Waals surface area contributed by atoms with Gasteiger partial charge in [0, 0.05) is 10.3 Å². The number of rotatable bonds is 5. The van der Waals surface area contributed by atoms with Crippen molar-refractivity contribution < 1.29 is 9.53 Å². The van der Waals surface area contributed by atoms with Gasteiger partial charge in [-0.2, -0.15) is 0 Å². The number of carbonyl (C=O) groups excluding carboxylic acids is 1. The van der Waals surface area contributed by atoms with Crippen molar-refractivity contribution in [1.29, 1.82) is 0 Å². The van der Waals surface area contributed by atoms with Crippen molar-refractivity contribution in [3.8, 4) is 5.75 Å². The zero-order valence-electron chi connectivity index (χ0n) is 16.2. The van der Waals surface area contributed by atoms with Crippen LogP contribution in [0.3, 0.4) is 0 Å². The second kappa shape index (κ2) is 8.09. The van der Waals surface area contributed by atoms with Gasteiger partial charge in [-0.05, 0) is 55.4 Å². The Morgan fingerprint density at radius 3 is 3.07 bits per heavy atom. The Hall–Kier alpha value is -2.12. The summed E-state index contributed by atoms with van der Waals surface area (Å²) in [5, 5.41) is 5.02. The van der Waals surface area contributed by atoms with Crippen LogP contribution in [0.25, 0.3) is 10.2 Å². The first-order valence-corrected chi connectivity index (χ1v) is 11.2. The number of amides is 1. The molecule has 2 heterocycles. The molecule has 1 aromatic carbocycles. The molecule has 0 radical (unpaired) electrons. The maximum absolute atomic E-state index is 12.5. The van der Waals surface area contributed by atoms with Gasteiger partial charge in [-0.1, -0.05) is 24.8 Å². The minimum atomic E-state index is -0.0709. The van der Waals surface area contributed by atoms with E-state index in [2.05, 4.69) is 22.2 Å². The average Bonchev–Trinajstić information content (AvgIpc) is 3.04. The fourth-order valence-electron chi connectivity index (χ4n) is 3.60. The van der Waals surface area contributed by atoms with E-state index in [1.165, 1.54) is 28.6 Å². The van der Waals surface area contributed by atoms with Crippen LogP contribution in [0, 0.1) is 12.8 Å². The van der Waals surface area contributed by atoms with Crippen molar-refractivity contribution in [2.75, 3.05) is 18.2 Å². The number of thioether (sulfide) groups is 1. The maximum atomic E-state index is 12.5. The van der Waals surface area contributed by atoms with Crippen molar-refractivity contribution in [1.82, 2.24) is 9.97 Å². The number of methoxy groups -OCH3 is 1. The minimum Gasteiger partial charge on any atom is -0.495 e. The normalized spacial score (nSPS) is 16.0. The third-order valence-electron chi connectivity index (χ3n) is 5.03. The highest BCUT2D eigenvalue weighted by atomic mass is 32.2. The zero-order chi connectivity index (χ0) is 19.7. The topological polar surface area (TPSA) is 64.1 Å². The van der Waals surface area contributed by atoms with Crippen LogP contribution in [0.4, 0.5) is 5.69 Å². The summed E-state index contributed by atoms with van der Waals surface area (Å²) < 4.78 is 5.34. The van der Waals surface area contributed by atoms with Gasteiger partial charge in [0.2, 0.25) is 5.91 Å². The molecule has 28 heavy (non-hydrogen) atoms. The number of aryl methyl sites for hydroxylation is 2. The van der Waals surface area contributed by atoms with Gasteiger partial charge in [-0.25, -0.2) is 9.97 Å². The molecule has 1 unspecified atom stereocenters. The van der Waals surface area contributed by atoms with Gasteiger partial charge >= 0.3 is 0 Å². The molecule has 0 spiro atoms. The number of hydrogen-bond acceptors (Lipinski definition) is 6. The fourth-order valence-corrected chi connectivity index (χ4v) is 5.84. The molecule has 1 aliphatic carbocycles. The largest absolute Gasteiger partial charge is 0.495 e. The number of benzene rings is 1. The number of carbonyl (C=O) groups is 1. The van der Waals surface area contributed by atoms with Crippen LogP contribution in [-0.4, -0.2) is 28.7 Å². The third-order valence-corrected chi connectivity index (χ3v) is 7.18. The van der Waals surface area contributed by atoms with E-state index >= 15 is 0 Å². The molecule has 1 aliphatic rings. The fraction of sp³-hybridized carbons (Fsp3) is 0.381. The number of fused-ring (bicyclic) bond motifs is 3. The Balaban J connectivity index is 1.52. The lowest BCUT2D eigenvalue weighted by molar-refractivity contribution is -0.113. The van der Waals surface area contributed by atoms with Crippen molar-refractivity contribution in [2.24, 2.45) is 5.92 Å². The summed E-state index contributed by atoms with van der Waals surface area (Å²) in [6, 6.07) is 5.74. The molecule has 7 heteroatoms. The molecule has 0 aliphatic heterocycles. The number of hydrogen-bond donors (Lipinski definition) is 1. The molecule has 4 rings (SSSR count). The standard InChI is InChI=1S/C21H23N3O2S2/c1-12-5-7-16(26-3)15(8-12)24-18(25)10-27-20-19-14-6-4-13(2)9-17(14)28-21(19)23-11-22-20/h5,7-8,11,13H,4,6,9-10H2,1-3H3,(H,24,25). The molecule has 1 atom stereocenters. The predicted molar refractivity (Wildman–Crippen MR) is 116 cm³/mol. The van der Waals surface area contributed by atoms with E-state index in [1.807, 2.05) is 25.1 Å². The highest BCUT2D eigenvalue weighted by molar-refractivity contribution is 8.00. The van der Waals surface area contributed by atoms with E-state index < -0.39 is 0 Å². The van der Waals surface area contributed by atoms with Gasteiger partial charge in [0.05, 0.1) is 18.6 Å². The molecule has 146 valence electrons. The Kier molecular flexibility index (Phi) is 5.55. The quantitative estimate of drug-likeness (QED) is 0.478. The minimum absolute atomic E-state index is 0.0709. The van der Waals surface area contributed by atoms with Crippen LogP contribution in [0.2, 0.25) is 0 Å². The first kappa shape index (κ1) is 19.2. The Labute approximate surface area is 172 Å². The van der Waals surface area contributed by atoms with Crippen molar-refractivity contribution in [3.05, 3.63) is 40.5 Å². The van der Waals surface area contributed by atoms with E-state index in [0.717, 1.165) is 39.6 Å². The molecule has 0 saturated carbocycles. The van der Waals surface area contributed by atoms with Crippen molar-refractivity contribution >= 4 is 44.9 Å². The number of nitrogens with one attached hydrogen (secondary N) is 1. The molecule has 3 aromatic rings. The second-order valence-electron chi connectivity index (χ2n) is 7.25. The Morgan fingerprint density at radius 2 is 2.25 bits per heavy atom. The van der Waals surface area contributed by atoms with Crippen LogP contribution >= 0.6 is 23.1 Å². The third kappa shape index (κ3) is 3.86. The lowest BCUT2D eigenvalue weighted by atomic mass is 9.89. The van der Waals surface area contributed by atoms with Gasteiger partial charge in [0.25, 0.3) is 0 Å². The average molecular weight is 414 g/mol. The van der Waals surface area contributed by atoms with Gasteiger partial charge in [-0.15, -0.1) is 11.3 Å². The second-order valence-corrected chi connectivity index (χ2v) is 9.30. The lowest BCUT2D eigenvalue weighted by Gasteiger charge is -2.18. The predicted octanol–water partition coefficient (Wildman–Crippen LogP) is 4.86. The summed E-state index contributed by atoms with van der Waals surface area (Å²) in [6.07, 6.45) is 5.00. The first-order chi connectivity index (χ1) is 13.5. The monoisotopic (exact) mass is 413 g/mol. The summed E-state index contributed by atoms with van der Waals surface area (Å²) >= 11 is 3.26. The highest BCUT2D eigenvalue weighted by Crippen LogP contribution is 2.40. The number of ether oxygens (including phenoxy) is 1. The summed E-state index contributed by atoms with van der Waals surface area (Å²) in [6.45, 7) is 4.29. The summed E-state index contributed by atoms with van der Waals surface area (Å²) in [5.74, 6) is 1.61. The van der Waals surface area contributed by atoms with Crippen LogP contribution < -0.4 is 10.1 Å². The molecule has 1 amide bonds. The Bertz CT molecular complexity index is 1030. The summed E-state index contributed by atoms with van der Waals surface area (Å²) in [7, 11) is 1.60. The van der Waals surface area contributed by atoms with Gasteiger partial charge in [-0.3, -0.25) is 4.79 Å². The van der Waals surface area contributed by atoms with Crippen LogP contribution in [0.1, 0.15) is 29.3 Å². The number of anilines is 1. The molecule has 2 aromatic heterocycles.